The normalized spacial score (nSPS) is 11.2. The van der Waals surface area contributed by atoms with Crippen molar-refractivity contribution in [2.75, 3.05) is 0 Å². The Bertz CT molecular complexity index is 314. The first kappa shape index (κ1) is 9.73. The molecule has 0 amide bonds. The molecule has 70 valence electrons. The van der Waals surface area contributed by atoms with Crippen LogP contribution >= 0.6 is 11.3 Å². The second-order valence-electron chi connectivity index (χ2n) is 2.75. The predicted molar refractivity (Wildman–Crippen MR) is 46.9 cm³/mol. The minimum atomic E-state index is -1.83. The molecule has 2 N–H and O–H groups in total. The number of carbonyl (C=O) groups is 2. The predicted octanol–water partition coefficient (Wildman–Crippen LogP) is 1.17. The molecule has 0 spiro atoms. The maximum Gasteiger partial charge on any atom is 0.325 e. The van der Waals surface area contributed by atoms with E-state index in [0.29, 0.717) is 5.56 Å². The molecule has 1 aromatic heterocycles. The molecule has 0 aromatic carbocycles. The van der Waals surface area contributed by atoms with Crippen LogP contribution in [0, 0.1) is 0 Å². The second-order valence-corrected chi connectivity index (χ2v) is 3.53. The van der Waals surface area contributed by atoms with E-state index in [1.165, 1.54) is 29.7 Å². The second kappa shape index (κ2) is 3.18. The summed E-state index contributed by atoms with van der Waals surface area (Å²) in [6, 6.07) is 1.51. The Hall–Kier alpha value is -1.36. The molecule has 0 bridgehead atoms. The minimum Gasteiger partial charge on any atom is -0.480 e. The molecule has 0 aliphatic heterocycles. The van der Waals surface area contributed by atoms with Crippen molar-refractivity contribution in [3.8, 4) is 0 Å². The zero-order chi connectivity index (χ0) is 10.1. The van der Waals surface area contributed by atoms with Crippen LogP contribution in [0.15, 0.2) is 16.8 Å². The summed E-state index contributed by atoms with van der Waals surface area (Å²) in [5, 5.41) is 20.8. The van der Waals surface area contributed by atoms with Gasteiger partial charge in [0.2, 0.25) is 0 Å². The van der Waals surface area contributed by atoms with Crippen molar-refractivity contribution in [2.45, 2.75) is 12.3 Å². The van der Waals surface area contributed by atoms with Gasteiger partial charge in [0.15, 0.2) is 5.41 Å². The molecule has 13 heavy (non-hydrogen) atoms. The monoisotopic (exact) mass is 200 g/mol. The van der Waals surface area contributed by atoms with Gasteiger partial charge < -0.3 is 10.2 Å². The number of hydrogen-bond acceptors (Lipinski definition) is 3. The molecular formula is C8H8O4S. The number of rotatable bonds is 3. The first-order valence-corrected chi connectivity index (χ1v) is 4.43. The van der Waals surface area contributed by atoms with Gasteiger partial charge in [0.25, 0.3) is 0 Å². The maximum atomic E-state index is 10.8. The van der Waals surface area contributed by atoms with Crippen molar-refractivity contribution in [3.05, 3.63) is 22.4 Å². The fraction of sp³-hybridized carbons (Fsp3) is 0.250. The lowest BCUT2D eigenvalue weighted by molar-refractivity contribution is -0.156. The van der Waals surface area contributed by atoms with Crippen LogP contribution < -0.4 is 0 Å². The molecule has 1 rings (SSSR count). The van der Waals surface area contributed by atoms with E-state index in [1.807, 2.05) is 0 Å². The lowest BCUT2D eigenvalue weighted by Crippen LogP contribution is -2.40. The van der Waals surface area contributed by atoms with E-state index in [-0.39, 0.29) is 0 Å². The van der Waals surface area contributed by atoms with Crippen LogP contribution in [-0.2, 0) is 15.0 Å². The van der Waals surface area contributed by atoms with Crippen LogP contribution in [0.4, 0.5) is 0 Å². The van der Waals surface area contributed by atoms with Gasteiger partial charge in [0.05, 0.1) is 0 Å². The Balaban J connectivity index is 3.21. The van der Waals surface area contributed by atoms with E-state index in [0.717, 1.165) is 0 Å². The van der Waals surface area contributed by atoms with E-state index in [9.17, 15) is 9.59 Å². The van der Waals surface area contributed by atoms with Gasteiger partial charge in [0.1, 0.15) is 0 Å². The van der Waals surface area contributed by atoms with Crippen molar-refractivity contribution in [3.63, 3.8) is 0 Å². The first-order valence-electron chi connectivity index (χ1n) is 3.49. The number of hydrogen-bond donors (Lipinski definition) is 2. The molecule has 0 radical (unpaired) electrons. The zero-order valence-electron chi connectivity index (χ0n) is 6.85. The molecule has 1 heterocycles. The third-order valence-corrected chi connectivity index (χ3v) is 2.64. The number of carboxylic acids is 2. The van der Waals surface area contributed by atoms with E-state index >= 15 is 0 Å². The average molecular weight is 200 g/mol. The van der Waals surface area contributed by atoms with E-state index < -0.39 is 17.4 Å². The molecule has 0 atom stereocenters. The Morgan fingerprint density at radius 3 is 2.23 bits per heavy atom. The Morgan fingerprint density at radius 2 is 1.92 bits per heavy atom. The largest absolute Gasteiger partial charge is 0.480 e. The van der Waals surface area contributed by atoms with E-state index in [1.54, 1.807) is 5.38 Å². The van der Waals surface area contributed by atoms with Gasteiger partial charge in [-0.2, -0.15) is 11.3 Å². The van der Waals surface area contributed by atoms with Crippen molar-refractivity contribution in [2.24, 2.45) is 0 Å². The molecule has 5 heteroatoms. The summed E-state index contributed by atoms with van der Waals surface area (Å²) in [7, 11) is 0. The lowest BCUT2D eigenvalue weighted by atomic mass is 9.84. The molecule has 0 saturated carbocycles. The van der Waals surface area contributed by atoms with Crippen LogP contribution in [0.25, 0.3) is 0 Å². The molecule has 4 nitrogen and oxygen atoms in total. The van der Waals surface area contributed by atoms with Crippen LogP contribution in [0.1, 0.15) is 12.5 Å². The number of carboxylic acid groups (broad SMARTS) is 2. The third-order valence-electron chi connectivity index (χ3n) is 1.95. The van der Waals surface area contributed by atoms with Gasteiger partial charge in [-0.15, -0.1) is 0 Å². The summed E-state index contributed by atoms with van der Waals surface area (Å²) in [6.45, 7) is 1.18. The third kappa shape index (κ3) is 1.42. The van der Waals surface area contributed by atoms with E-state index in [2.05, 4.69) is 0 Å². The van der Waals surface area contributed by atoms with Crippen molar-refractivity contribution < 1.29 is 19.8 Å². The molecule has 0 aliphatic carbocycles. The fourth-order valence-corrected chi connectivity index (χ4v) is 1.65. The van der Waals surface area contributed by atoms with Crippen molar-refractivity contribution >= 4 is 23.3 Å². The lowest BCUT2D eigenvalue weighted by Gasteiger charge is -2.17. The number of thiophene rings is 1. The van der Waals surface area contributed by atoms with Gasteiger partial charge in [-0.05, 0) is 29.3 Å². The highest BCUT2D eigenvalue weighted by Gasteiger charge is 2.43. The summed E-state index contributed by atoms with van der Waals surface area (Å²) in [5.41, 5.74) is -1.53. The van der Waals surface area contributed by atoms with Crippen molar-refractivity contribution in [1.82, 2.24) is 0 Å². The van der Waals surface area contributed by atoms with Gasteiger partial charge in [-0.1, -0.05) is 0 Å². The Labute approximate surface area is 78.4 Å². The van der Waals surface area contributed by atoms with Crippen LogP contribution in [0.5, 0.6) is 0 Å². The minimum absolute atomic E-state index is 0.303. The summed E-state index contributed by atoms with van der Waals surface area (Å²) < 4.78 is 0. The molecule has 1 aromatic rings. The smallest absolute Gasteiger partial charge is 0.325 e. The standard InChI is InChI=1S/C8H8O4S/c1-8(6(9)10,7(11)12)5-2-3-13-4-5/h2-4H,1H3,(H,9,10)(H,11,12). The fourth-order valence-electron chi connectivity index (χ4n) is 0.887. The molecule has 0 aliphatic rings. The number of aliphatic carboxylic acids is 2. The molecular weight excluding hydrogens is 192 g/mol. The Kier molecular flexibility index (Phi) is 2.38. The zero-order valence-corrected chi connectivity index (χ0v) is 7.67. The first-order chi connectivity index (χ1) is 5.99. The van der Waals surface area contributed by atoms with Crippen LogP contribution in [0.2, 0.25) is 0 Å². The van der Waals surface area contributed by atoms with Gasteiger partial charge in [-0.3, -0.25) is 9.59 Å². The summed E-state index contributed by atoms with van der Waals surface area (Å²) in [5.74, 6) is -2.70. The quantitative estimate of drug-likeness (QED) is 0.718. The van der Waals surface area contributed by atoms with Gasteiger partial charge in [0, 0.05) is 0 Å². The van der Waals surface area contributed by atoms with Crippen LogP contribution in [-0.4, -0.2) is 22.2 Å². The molecule has 0 saturated heterocycles. The maximum absolute atomic E-state index is 10.8. The highest BCUT2D eigenvalue weighted by Crippen LogP contribution is 2.26. The highest BCUT2D eigenvalue weighted by atomic mass is 32.1. The SMILES string of the molecule is CC(C(=O)O)(C(=O)O)c1ccsc1. The highest BCUT2D eigenvalue weighted by molar-refractivity contribution is 7.08. The molecule has 0 fully saturated rings. The summed E-state index contributed by atoms with van der Waals surface area (Å²) in [6.07, 6.45) is 0. The van der Waals surface area contributed by atoms with E-state index in [4.69, 9.17) is 10.2 Å². The summed E-state index contributed by atoms with van der Waals surface area (Å²) >= 11 is 1.27. The summed E-state index contributed by atoms with van der Waals surface area (Å²) in [4.78, 5) is 21.6. The average Bonchev–Trinajstić information content (AvgIpc) is 2.54. The van der Waals surface area contributed by atoms with Crippen LogP contribution in [0.3, 0.4) is 0 Å². The van der Waals surface area contributed by atoms with Gasteiger partial charge >= 0.3 is 11.9 Å². The molecule has 0 unspecified atom stereocenters. The topological polar surface area (TPSA) is 74.6 Å². The Morgan fingerprint density at radius 1 is 1.38 bits per heavy atom. The van der Waals surface area contributed by atoms with Gasteiger partial charge in [-0.25, -0.2) is 0 Å². The van der Waals surface area contributed by atoms with Crippen molar-refractivity contribution in [1.29, 1.82) is 0 Å².